The largest absolute Gasteiger partial charge is 0.352 e. The fourth-order valence-corrected chi connectivity index (χ4v) is 2.05. The second-order valence-corrected chi connectivity index (χ2v) is 4.60. The average Bonchev–Trinajstić information content (AvgIpc) is 2.97. The molecule has 0 saturated heterocycles. The molecule has 5 nitrogen and oxygen atoms in total. The van der Waals surface area contributed by atoms with E-state index in [1.165, 1.54) is 0 Å². The number of aromatic nitrogens is 2. The fraction of sp³-hybridized carbons (Fsp3) is 0.438. The van der Waals surface area contributed by atoms with E-state index in [4.69, 9.17) is 9.47 Å². The zero-order valence-corrected chi connectivity index (χ0v) is 12.7. The third-order valence-electron chi connectivity index (χ3n) is 3.00. The molecule has 0 bridgehead atoms. The summed E-state index contributed by atoms with van der Waals surface area (Å²) < 4.78 is 12.9. The number of rotatable bonds is 9. The molecule has 0 unspecified atom stereocenters. The molecule has 0 spiro atoms. The number of nitrogens with zero attached hydrogens (tertiary/aromatic N) is 2. The van der Waals surface area contributed by atoms with Crippen molar-refractivity contribution in [2.75, 3.05) is 19.8 Å². The Labute approximate surface area is 125 Å². The zero-order valence-electron chi connectivity index (χ0n) is 12.7. The number of hydrogen-bond acceptors (Lipinski definition) is 4. The van der Waals surface area contributed by atoms with Crippen LogP contribution in [0.2, 0.25) is 0 Å². The Hall–Kier alpha value is -1.69. The topological polar surface area (TPSA) is 48.3 Å². The normalized spacial score (nSPS) is 11.2. The van der Waals surface area contributed by atoms with Crippen LogP contribution in [-0.2, 0) is 16.0 Å². The van der Waals surface area contributed by atoms with Crippen molar-refractivity contribution in [1.29, 1.82) is 0 Å². The van der Waals surface area contributed by atoms with Crippen molar-refractivity contribution in [1.82, 2.24) is 15.1 Å². The molecule has 5 heteroatoms. The van der Waals surface area contributed by atoms with Crippen molar-refractivity contribution in [3.63, 3.8) is 0 Å². The summed E-state index contributed by atoms with van der Waals surface area (Å²) in [5, 5.41) is 7.70. The second-order valence-electron chi connectivity index (χ2n) is 4.60. The molecular formula is C16H23N3O2. The van der Waals surface area contributed by atoms with E-state index < -0.39 is 0 Å². The van der Waals surface area contributed by atoms with Crippen LogP contribution in [0.1, 0.15) is 19.4 Å². The molecule has 0 aliphatic heterocycles. The van der Waals surface area contributed by atoms with E-state index in [1.54, 1.807) is 0 Å². The third kappa shape index (κ3) is 4.97. The summed E-state index contributed by atoms with van der Waals surface area (Å²) in [5.74, 6) is 0. The lowest BCUT2D eigenvalue weighted by Crippen LogP contribution is -2.31. The van der Waals surface area contributed by atoms with Gasteiger partial charge in [-0.25, -0.2) is 4.68 Å². The van der Waals surface area contributed by atoms with E-state index >= 15 is 0 Å². The summed E-state index contributed by atoms with van der Waals surface area (Å²) >= 11 is 0. The van der Waals surface area contributed by atoms with Crippen LogP contribution in [0.5, 0.6) is 0 Å². The van der Waals surface area contributed by atoms with Gasteiger partial charge in [0, 0.05) is 38.1 Å². The van der Waals surface area contributed by atoms with Gasteiger partial charge in [0.05, 0.1) is 11.9 Å². The smallest absolute Gasteiger partial charge is 0.169 e. The quantitative estimate of drug-likeness (QED) is 0.720. The maximum absolute atomic E-state index is 5.49. The van der Waals surface area contributed by atoms with E-state index in [9.17, 15) is 0 Å². The Morgan fingerprint density at radius 3 is 2.52 bits per heavy atom. The van der Waals surface area contributed by atoms with E-state index in [0.29, 0.717) is 19.8 Å². The van der Waals surface area contributed by atoms with E-state index in [2.05, 4.69) is 10.4 Å². The molecule has 1 N–H and O–H groups in total. The highest BCUT2D eigenvalue weighted by atomic mass is 16.7. The first-order valence-corrected chi connectivity index (χ1v) is 7.36. The van der Waals surface area contributed by atoms with Crippen molar-refractivity contribution in [2.24, 2.45) is 0 Å². The van der Waals surface area contributed by atoms with Gasteiger partial charge in [-0.05, 0) is 26.0 Å². The fourth-order valence-electron chi connectivity index (χ4n) is 2.05. The molecule has 21 heavy (non-hydrogen) atoms. The van der Waals surface area contributed by atoms with Gasteiger partial charge in [-0.3, -0.25) is 0 Å². The number of para-hydroxylation sites is 1. The molecule has 2 aromatic rings. The van der Waals surface area contributed by atoms with Gasteiger partial charge in [0.25, 0.3) is 0 Å². The molecule has 1 aromatic carbocycles. The van der Waals surface area contributed by atoms with Crippen LogP contribution in [-0.4, -0.2) is 35.8 Å². The van der Waals surface area contributed by atoms with Crippen LogP contribution < -0.4 is 5.32 Å². The van der Waals surface area contributed by atoms with Crippen molar-refractivity contribution in [2.45, 2.75) is 26.7 Å². The van der Waals surface area contributed by atoms with Crippen molar-refractivity contribution < 1.29 is 9.47 Å². The summed E-state index contributed by atoms with van der Waals surface area (Å²) in [5.41, 5.74) is 2.19. The molecule has 2 rings (SSSR count). The third-order valence-corrected chi connectivity index (χ3v) is 3.00. The molecule has 0 amide bonds. The first-order valence-electron chi connectivity index (χ1n) is 7.36. The second kappa shape index (κ2) is 8.56. The van der Waals surface area contributed by atoms with Gasteiger partial charge < -0.3 is 14.8 Å². The van der Waals surface area contributed by atoms with Gasteiger partial charge in [0.1, 0.15) is 0 Å². The van der Waals surface area contributed by atoms with Gasteiger partial charge in [0.2, 0.25) is 0 Å². The zero-order chi connectivity index (χ0) is 14.9. The Morgan fingerprint density at radius 1 is 1.14 bits per heavy atom. The summed E-state index contributed by atoms with van der Waals surface area (Å²) in [6.07, 6.45) is 3.71. The van der Waals surface area contributed by atoms with Crippen molar-refractivity contribution in [3.8, 4) is 5.69 Å². The first-order chi connectivity index (χ1) is 10.3. The molecule has 0 aliphatic carbocycles. The van der Waals surface area contributed by atoms with E-state index in [0.717, 1.165) is 17.8 Å². The summed E-state index contributed by atoms with van der Waals surface area (Å²) in [6, 6.07) is 10.1. The highest BCUT2D eigenvalue weighted by Gasteiger charge is 2.07. The van der Waals surface area contributed by atoms with Gasteiger partial charge in [-0.15, -0.1) is 0 Å². The predicted octanol–water partition coefficient (Wildman–Crippen LogP) is 2.36. The predicted molar refractivity (Wildman–Crippen MR) is 82.3 cm³/mol. The standard InChI is InChI=1S/C16H23N3O2/c1-3-20-16(21-4-2)12-17-10-14-11-18-19(13-14)15-8-6-5-7-9-15/h5-9,11,13,16-17H,3-4,10,12H2,1-2H3. The molecule has 0 saturated carbocycles. The Balaban J connectivity index is 1.83. The number of ether oxygens (including phenoxy) is 2. The summed E-state index contributed by atoms with van der Waals surface area (Å²) in [7, 11) is 0. The summed E-state index contributed by atoms with van der Waals surface area (Å²) in [6.45, 7) is 6.64. The minimum atomic E-state index is -0.191. The molecule has 0 aliphatic rings. The van der Waals surface area contributed by atoms with Crippen LogP contribution in [0.3, 0.4) is 0 Å². The van der Waals surface area contributed by atoms with Crippen molar-refractivity contribution in [3.05, 3.63) is 48.3 Å². The number of nitrogens with one attached hydrogen (secondary N) is 1. The van der Waals surface area contributed by atoms with Crippen molar-refractivity contribution >= 4 is 0 Å². The minimum Gasteiger partial charge on any atom is -0.352 e. The molecule has 0 atom stereocenters. The van der Waals surface area contributed by atoms with Crippen LogP contribution >= 0.6 is 0 Å². The van der Waals surface area contributed by atoms with Gasteiger partial charge >= 0.3 is 0 Å². The lowest BCUT2D eigenvalue weighted by atomic mass is 10.3. The highest BCUT2D eigenvalue weighted by molar-refractivity contribution is 5.30. The Bertz CT molecular complexity index is 507. The van der Waals surface area contributed by atoms with Gasteiger partial charge in [-0.1, -0.05) is 18.2 Å². The SMILES string of the molecule is CCOC(CNCc1cnn(-c2ccccc2)c1)OCC. The van der Waals surface area contributed by atoms with Crippen LogP contribution in [0, 0.1) is 0 Å². The van der Waals surface area contributed by atoms with Gasteiger partial charge in [0.15, 0.2) is 6.29 Å². The maximum atomic E-state index is 5.49. The monoisotopic (exact) mass is 289 g/mol. The molecule has 0 fully saturated rings. The molecule has 1 heterocycles. The molecule has 0 radical (unpaired) electrons. The summed E-state index contributed by atoms with van der Waals surface area (Å²) in [4.78, 5) is 0. The van der Waals surface area contributed by atoms with E-state index in [-0.39, 0.29) is 6.29 Å². The highest BCUT2D eigenvalue weighted by Crippen LogP contribution is 2.07. The Kier molecular flexibility index (Phi) is 6.40. The van der Waals surface area contributed by atoms with Crippen LogP contribution in [0.4, 0.5) is 0 Å². The van der Waals surface area contributed by atoms with E-state index in [1.807, 2.05) is 61.3 Å². The molecule has 114 valence electrons. The lowest BCUT2D eigenvalue weighted by molar-refractivity contribution is -0.133. The van der Waals surface area contributed by atoms with Gasteiger partial charge in [-0.2, -0.15) is 5.10 Å². The molecule has 1 aromatic heterocycles. The lowest BCUT2D eigenvalue weighted by Gasteiger charge is -2.17. The number of hydrogen-bond donors (Lipinski definition) is 1. The molecular weight excluding hydrogens is 266 g/mol. The maximum Gasteiger partial charge on any atom is 0.169 e. The van der Waals surface area contributed by atoms with Crippen LogP contribution in [0.25, 0.3) is 5.69 Å². The number of benzene rings is 1. The Morgan fingerprint density at radius 2 is 1.86 bits per heavy atom. The minimum absolute atomic E-state index is 0.191. The first kappa shape index (κ1) is 15.7. The van der Waals surface area contributed by atoms with Crippen LogP contribution in [0.15, 0.2) is 42.7 Å². The average molecular weight is 289 g/mol.